The van der Waals surface area contributed by atoms with Crippen molar-refractivity contribution in [3.05, 3.63) is 29.8 Å². The summed E-state index contributed by atoms with van der Waals surface area (Å²) in [5, 5.41) is 11.1. The summed E-state index contributed by atoms with van der Waals surface area (Å²) in [6, 6.07) is 7.79. The number of thioether (sulfide) groups is 2. The number of hydrogen-bond donors (Lipinski definition) is 1. The Bertz CT molecular complexity index is 640. The maximum atomic E-state index is 12.2. The minimum absolute atomic E-state index is 0.0227. The van der Waals surface area contributed by atoms with Crippen LogP contribution in [0.4, 0.5) is 5.69 Å². The lowest BCUT2D eigenvalue weighted by Crippen LogP contribution is -2.22. The molecule has 0 aliphatic rings. The molecule has 1 N–H and O–H groups in total. The lowest BCUT2D eigenvalue weighted by atomic mass is 10.2. The Kier molecular flexibility index (Phi) is 6.92. The Morgan fingerprint density at radius 1 is 1.17 bits per heavy atom. The number of amides is 1. The van der Waals surface area contributed by atoms with E-state index in [2.05, 4.69) is 29.4 Å². The number of carbonyl (C=O) groups excluding carboxylic acids is 1. The molecule has 0 saturated carbocycles. The van der Waals surface area contributed by atoms with Gasteiger partial charge < -0.3 is 5.32 Å². The van der Waals surface area contributed by atoms with Crippen molar-refractivity contribution < 1.29 is 4.79 Å². The molecule has 2 rings (SSSR count). The summed E-state index contributed by atoms with van der Waals surface area (Å²) in [6.07, 6.45) is 0. The number of aryl methyl sites for hydroxylation is 1. The second kappa shape index (κ2) is 8.70. The van der Waals surface area contributed by atoms with Crippen molar-refractivity contribution in [3.8, 4) is 0 Å². The molecule has 7 heteroatoms. The smallest absolute Gasteiger partial charge is 0.237 e. The molecule has 0 aliphatic carbocycles. The molecule has 0 spiro atoms. The first-order chi connectivity index (χ1) is 10.9. The maximum absolute atomic E-state index is 12.2. The Morgan fingerprint density at radius 2 is 1.83 bits per heavy atom. The highest BCUT2D eigenvalue weighted by molar-refractivity contribution is 8.03. The molecule has 0 fully saturated rings. The van der Waals surface area contributed by atoms with Gasteiger partial charge in [0.25, 0.3) is 0 Å². The van der Waals surface area contributed by atoms with E-state index in [4.69, 9.17) is 0 Å². The molecular weight excluding hydrogens is 346 g/mol. The Hall–Kier alpha value is -1.05. The topological polar surface area (TPSA) is 54.9 Å². The molecule has 1 amide bonds. The highest BCUT2D eigenvalue weighted by atomic mass is 32.2. The third-order valence-corrected chi connectivity index (χ3v) is 6.56. The van der Waals surface area contributed by atoms with Crippen molar-refractivity contribution in [2.45, 2.75) is 41.6 Å². The number of aromatic nitrogens is 2. The number of rotatable bonds is 7. The van der Waals surface area contributed by atoms with E-state index in [0.29, 0.717) is 5.92 Å². The summed E-state index contributed by atoms with van der Waals surface area (Å²) in [5.74, 6) is 1.63. The second-order valence-electron chi connectivity index (χ2n) is 5.65. The Morgan fingerprint density at radius 3 is 2.48 bits per heavy atom. The van der Waals surface area contributed by atoms with E-state index in [0.717, 1.165) is 20.1 Å². The van der Waals surface area contributed by atoms with Crippen molar-refractivity contribution in [2.24, 2.45) is 5.92 Å². The molecule has 2 aromatic rings. The fourth-order valence-corrected chi connectivity index (χ4v) is 4.77. The molecule has 1 aromatic heterocycles. The first-order valence-corrected chi connectivity index (χ1v) is 10.1. The predicted octanol–water partition coefficient (Wildman–Crippen LogP) is 4.71. The van der Waals surface area contributed by atoms with Gasteiger partial charge in [-0.3, -0.25) is 4.79 Å². The summed E-state index contributed by atoms with van der Waals surface area (Å²) >= 11 is 4.72. The van der Waals surface area contributed by atoms with Gasteiger partial charge in [-0.1, -0.05) is 66.4 Å². The van der Waals surface area contributed by atoms with Crippen molar-refractivity contribution in [3.63, 3.8) is 0 Å². The normalized spacial score (nSPS) is 12.4. The zero-order valence-electron chi connectivity index (χ0n) is 13.7. The number of nitrogens with one attached hydrogen (secondary N) is 1. The predicted molar refractivity (Wildman–Crippen MR) is 101 cm³/mol. The zero-order valence-corrected chi connectivity index (χ0v) is 16.1. The maximum Gasteiger partial charge on any atom is 0.237 e. The molecule has 124 valence electrons. The minimum Gasteiger partial charge on any atom is -0.325 e. The van der Waals surface area contributed by atoms with Crippen LogP contribution in [0.5, 0.6) is 0 Å². The van der Waals surface area contributed by atoms with Gasteiger partial charge in [0.1, 0.15) is 0 Å². The number of hydrogen-bond acceptors (Lipinski definition) is 6. The largest absolute Gasteiger partial charge is 0.325 e. The van der Waals surface area contributed by atoms with E-state index in [9.17, 15) is 4.79 Å². The Labute approximate surface area is 149 Å². The van der Waals surface area contributed by atoms with Crippen molar-refractivity contribution in [1.29, 1.82) is 0 Å². The minimum atomic E-state index is -0.216. The van der Waals surface area contributed by atoms with Crippen LogP contribution < -0.4 is 5.32 Å². The van der Waals surface area contributed by atoms with Gasteiger partial charge in [0.2, 0.25) is 5.91 Å². The average Bonchev–Trinajstić information content (AvgIpc) is 2.95. The zero-order chi connectivity index (χ0) is 16.8. The third-order valence-electron chi connectivity index (χ3n) is 2.89. The number of nitrogens with zero attached hydrogens (tertiary/aromatic N) is 2. The second-order valence-corrected chi connectivity index (χ2v) is 9.49. The van der Waals surface area contributed by atoms with Crippen LogP contribution in [0.15, 0.2) is 32.9 Å². The van der Waals surface area contributed by atoms with Crippen LogP contribution in [-0.2, 0) is 4.79 Å². The van der Waals surface area contributed by atoms with Gasteiger partial charge >= 0.3 is 0 Å². The fourth-order valence-electron chi connectivity index (χ4n) is 1.63. The van der Waals surface area contributed by atoms with Crippen LogP contribution in [0.1, 0.15) is 26.3 Å². The van der Waals surface area contributed by atoms with Gasteiger partial charge in [-0.2, -0.15) is 0 Å². The van der Waals surface area contributed by atoms with Crippen LogP contribution in [-0.4, -0.2) is 27.1 Å². The molecule has 1 atom stereocenters. The van der Waals surface area contributed by atoms with E-state index in [1.807, 2.05) is 38.1 Å². The van der Waals surface area contributed by atoms with Gasteiger partial charge in [-0.25, -0.2) is 0 Å². The van der Waals surface area contributed by atoms with Crippen LogP contribution >= 0.6 is 34.9 Å². The quantitative estimate of drug-likeness (QED) is 0.718. The van der Waals surface area contributed by atoms with Crippen molar-refractivity contribution >= 4 is 46.5 Å². The molecule has 0 radical (unpaired) electrons. The number of carbonyl (C=O) groups is 1. The highest BCUT2D eigenvalue weighted by Gasteiger charge is 2.17. The van der Waals surface area contributed by atoms with Gasteiger partial charge in [0.15, 0.2) is 8.68 Å². The standard InChI is InChI=1S/C16H21N3OS3/c1-10(2)9-21-15-18-19-16(23-15)22-12(4)14(20)17-13-7-5-11(3)6-8-13/h5-8,10,12H,9H2,1-4H3,(H,17,20)/t12-/m0/s1. The number of anilines is 1. The highest BCUT2D eigenvalue weighted by Crippen LogP contribution is 2.32. The van der Waals surface area contributed by atoms with E-state index in [1.54, 1.807) is 23.1 Å². The van der Waals surface area contributed by atoms with Crippen LogP contribution in [0.3, 0.4) is 0 Å². The average molecular weight is 368 g/mol. The lowest BCUT2D eigenvalue weighted by Gasteiger charge is -2.10. The van der Waals surface area contributed by atoms with Crippen LogP contribution in [0.2, 0.25) is 0 Å². The first-order valence-electron chi connectivity index (χ1n) is 7.44. The molecule has 0 unspecified atom stereocenters. The fraction of sp³-hybridized carbons (Fsp3) is 0.438. The molecule has 0 saturated heterocycles. The molecule has 23 heavy (non-hydrogen) atoms. The summed E-state index contributed by atoms with van der Waals surface area (Å²) in [5.41, 5.74) is 1.99. The van der Waals surface area contributed by atoms with Crippen molar-refractivity contribution in [2.75, 3.05) is 11.1 Å². The van der Waals surface area contributed by atoms with Crippen LogP contribution in [0, 0.1) is 12.8 Å². The first kappa shape index (κ1) is 18.3. The van der Waals surface area contributed by atoms with Gasteiger partial charge in [-0.05, 0) is 31.9 Å². The van der Waals surface area contributed by atoms with Crippen molar-refractivity contribution in [1.82, 2.24) is 10.2 Å². The number of benzene rings is 1. The molecule has 1 heterocycles. The van der Waals surface area contributed by atoms with Gasteiger partial charge in [-0.15, -0.1) is 10.2 Å². The molecule has 0 bridgehead atoms. The van der Waals surface area contributed by atoms with Gasteiger partial charge in [0, 0.05) is 11.4 Å². The SMILES string of the molecule is Cc1ccc(NC(=O)[C@H](C)Sc2nnc(SCC(C)C)s2)cc1. The molecular formula is C16H21N3OS3. The van der Waals surface area contributed by atoms with Gasteiger partial charge in [0.05, 0.1) is 5.25 Å². The lowest BCUT2D eigenvalue weighted by molar-refractivity contribution is -0.115. The summed E-state index contributed by atoms with van der Waals surface area (Å²) in [6.45, 7) is 8.27. The monoisotopic (exact) mass is 367 g/mol. The van der Waals surface area contributed by atoms with E-state index < -0.39 is 0 Å². The summed E-state index contributed by atoms with van der Waals surface area (Å²) in [7, 11) is 0. The van der Waals surface area contributed by atoms with E-state index in [-0.39, 0.29) is 11.2 Å². The third kappa shape index (κ3) is 6.16. The Balaban J connectivity index is 1.86. The molecule has 0 aliphatic heterocycles. The summed E-state index contributed by atoms with van der Waals surface area (Å²) in [4.78, 5) is 12.2. The van der Waals surface area contributed by atoms with Crippen LogP contribution in [0.25, 0.3) is 0 Å². The van der Waals surface area contributed by atoms with E-state index >= 15 is 0 Å². The molecule has 1 aromatic carbocycles. The molecule has 4 nitrogen and oxygen atoms in total. The van der Waals surface area contributed by atoms with E-state index in [1.165, 1.54) is 17.3 Å². The summed E-state index contributed by atoms with van der Waals surface area (Å²) < 4.78 is 1.80.